The number of benzene rings is 1. The standard InChI is InChI=1S/C23H27N5O2/c1-3-27(4-2)20-11-9-19(10-12-20)25-22(29)8-6-16-28-23(30)14-13-21(26-28)18-7-5-15-24-17-18/h5,7,9-15,17H,3-4,6,8,16H2,1-2H3,(H,25,29). The Morgan fingerprint density at radius 2 is 1.83 bits per heavy atom. The smallest absolute Gasteiger partial charge is 0.266 e. The minimum atomic E-state index is -0.185. The van der Waals surface area contributed by atoms with Gasteiger partial charge < -0.3 is 10.2 Å². The number of rotatable bonds is 9. The summed E-state index contributed by atoms with van der Waals surface area (Å²) < 4.78 is 1.40. The number of hydrogen-bond acceptors (Lipinski definition) is 5. The predicted octanol–water partition coefficient (Wildman–Crippen LogP) is 3.57. The Labute approximate surface area is 176 Å². The molecule has 0 spiro atoms. The molecule has 0 bridgehead atoms. The van der Waals surface area contributed by atoms with Gasteiger partial charge in [-0.3, -0.25) is 14.6 Å². The summed E-state index contributed by atoms with van der Waals surface area (Å²) in [5.41, 5.74) is 3.24. The number of nitrogens with zero attached hydrogens (tertiary/aromatic N) is 4. The summed E-state index contributed by atoms with van der Waals surface area (Å²) in [4.78, 5) is 30.7. The van der Waals surface area contributed by atoms with Crippen molar-refractivity contribution in [1.29, 1.82) is 0 Å². The summed E-state index contributed by atoms with van der Waals surface area (Å²) in [6.45, 7) is 6.49. The molecule has 156 valence electrons. The number of amides is 1. The van der Waals surface area contributed by atoms with Gasteiger partial charge in [0.25, 0.3) is 5.56 Å². The van der Waals surface area contributed by atoms with E-state index in [9.17, 15) is 9.59 Å². The Kier molecular flexibility index (Phi) is 7.32. The second-order valence-corrected chi connectivity index (χ2v) is 6.89. The summed E-state index contributed by atoms with van der Waals surface area (Å²) in [6.07, 6.45) is 4.22. The highest BCUT2D eigenvalue weighted by Gasteiger charge is 2.07. The van der Waals surface area contributed by atoms with Crippen LogP contribution in [0.2, 0.25) is 0 Å². The maximum atomic E-state index is 12.3. The summed E-state index contributed by atoms with van der Waals surface area (Å²) in [6, 6.07) is 14.7. The van der Waals surface area contributed by atoms with Gasteiger partial charge in [0.2, 0.25) is 5.91 Å². The van der Waals surface area contributed by atoms with Gasteiger partial charge >= 0.3 is 0 Å². The molecular formula is C23H27N5O2. The first kappa shape index (κ1) is 21.2. The fourth-order valence-electron chi connectivity index (χ4n) is 3.23. The largest absolute Gasteiger partial charge is 0.372 e. The number of carbonyl (C=O) groups excluding carboxylic acids is 1. The number of anilines is 2. The predicted molar refractivity (Wildman–Crippen MR) is 120 cm³/mol. The number of aromatic nitrogens is 3. The van der Waals surface area contributed by atoms with Crippen LogP contribution >= 0.6 is 0 Å². The van der Waals surface area contributed by atoms with Crippen molar-refractivity contribution in [3.8, 4) is 11.3 Å². The molecule has 3 rings (SSSR count). The second kappa shape index (κ2) is 10.3. The zero-order valence-electron chi connectivity index (χ0n) is 17.4. The third-order valence-electron chi connectivity index (χ3n) is 4.88. The number of nitrogens with one attached hydrogen (secondary N) is 1. The van der Waals surface area contributed by atoms with Crippen molar-refractivity contribution in [2.75, 3.05) is 23.3 Å². The molecule has 0 aliphatic heterocycles. The molecule has 0 saturated heterocycles. The van der Waals surface area contributed by atoms with Gasteiger partial charge in [0.15, 0.2) is 0 Å². The van der Waals surface area contributed by atoms with E-state index in [1.807, 2.05) is 36.4 Å². The van der Waals surface area contributed by atoms with Crippen LogP contribution in [0.15, 0.2) is 65.7 Å². The van der Waals surface area contributed by atoms with Crippen LogP contribution in [-0.4, -0.2) is 33.8 Å². The van der Waals surface area contributed by atoms with Gasteiger partial charge in [-0.15, -0.1) is 0 Å². The van der Waals surface area contributed by atoms with Crippen LogP contribution in [0.1, 0.15) is 26.7 Å². The van der Waals surface area contributed by atoms with Crippen LogP contribution in [0, 0.1) is 0 Å². The average Bonchev–Trinajstić information content (AvgIpc) is 2.77. The molecule has 7 nitrogen and oxygen atoms in total. The van der Waals surface area contributed by atoms with Crippen LogP contribution in [0.5, 0.6) is 0 Å². The SMILES string of the molecule is CCN(CC)c1ccc(NC(=O)CCCn2nc(-c3cccnc3)ccc2=O)cc1. The highest BCUT2D eigenvalue weighted by molar-refractivity contribution is 5.90. The van der Waals surface area contributed by atoms with E-state index in [0.29, 0.717) is 25.1 Å². The highest BCUT2D eigenvalue weighted by Crippen LogP contribution is 2.18. The molecule has 2 heterocycles. The molecule has 3 aromatic rings. The molecule has 0 atom stereocenters. The molecule has 0 unspecified atom stereocenters. The van der Waals surface area contributed by atoms with E-state index in [1.165, 1.54) is 10.7 Å². The zero-order chi connectivity index (χ0) is 21.3. The van der Waals surface area contributed by atoms with Crippen molar-refractivity contribution in [2.24, 2.45) is 0 Å². The average molecular weight is 406 g/mol. The Morgan fingerprint density at radius 1 is 1.07 bits per heavy atom. The van der Waals surface area contributed by atoms with Gasteiger partial charge in [-0.1, -0.05) is 0 Å². The Balaban J connectivity index is 1.54. The van der Waals surface area contributed by atoms with E-state index in [1.54, 1.807) is 18.5 Å². The highest BCUT2D eigenvalue weighted by atomic mass is 16.1. The molecule has 1 amide bonds. The molecule has 1 N–H and O–H groups in total. The van der Waals surface area contributed by atoms with Gasteiger partial charge in [-0.25, -0.2) is 4.68 Å². The van der Waals surface area contributed by atoms with Gasteiger partial charge in [-0.2, -0.15) is 5.10 Å². The normalized spacial score (nSPS) is 10.6. The third kappa shape index (κ3) is 5.53. The fraction of sp³-hybridized carbons (Fsp3) is 0.304. The lowest BCUT2D eigenvalue weighted by Crippen LogP contribution is -2.23. The van der Waals surface area contributed by atoms with Crippen molar-refractivity contribution in [2.45, 2.75) is 33.2 Å². The quantitative estimate of drug-likeness (QED) is 0.589. The molecule has 0 radical (unpaired) electrons. The van der Waals surface area contributed by atoms with Crippen LogP contribution in [0.25, 0.3) is 11.3 Å². The Bertz CT molecular complexity index is 1010. The van der Waals surface area contributed by atoms with E-state index in [4.69, 9.17) is 0 Å². The molecule has 0 fully saturated rings. The number of carbonyl (C=O) groups is 1. The molecule has 7 heteroatoms. The molecule has 0 aliphatic rings. The first-order chi connectivity index (χ1) is 14.6. The van der Waals surface area contributed by atoms with Crippen molar-refractivity contribution < 1.29 is 4.79 Å². The molecule has 1 aromatic carbocycles. The van der Waals surface area contributed by atoms with Crippen molar-refractivity contribution >= 4 is 17.3 Å². The lowest BCUT2D eigenvalue weighted by atomic mass is 10.2. The number of aryl methyl sites for hydroxylation is 1. The molecular weight excluding hydrogens is 378 g/mol. The monoisotopic (exact) mass is 405 g/mol. The third-order valence-corrected chi connectivity index (χ3v) is 4.88. The minimum absolute atomic E-state index is 0.0814. The topological polar surface area (TPSA) is 80.1 Å². The maximum Gasteiger partial charge on any atom is 0.266 e. The van der Waals surface area contributed by atoms with E-state index in [-0.39, 0.29) is 11.5 Å². The van der Waals surface area contributed by atoms with Gasteiger partial charge in [-0.05, 0) is 62.7 Å². The van der Waals surface area contributed by atoms with Crippen LogP contribution in [0.3, 0.4) is 0 Å². The van der Waals surface area contributed by atoms with Gasteiger partial charge in [0, 0.05) is 61.5 Å². The lowest BCUT2D eigenvalue weighted by Gasteiger charge is -2.21. The van der Waals surface area contributed by atoms with Crippen molar-refractivity contribution in [1.82, 2.24) is 14.8 Å². The molecule has 30 heavy (non-hydrogen) atoms. The van der Waals surface area contributed by atoms with Crippen LogP contribution in [-0.2, 0) is 11.3 Å². The fourth-order valence-corrected chi connectivity index (χ4v) is 3.23. The zero-order valence-corrected chi connectivity index (χ0v) is 17.4. The minimum Gasteiger partial charge on any atom is -0.372 e. The van der Waals surface area contributed by atoms with Gasteiger partial charge in [0.1, 0.15) is 0 Å². The van der Waals surface area contributed by atoms with E-state index in [0.717, 1.165) is 30.0 Å². The number of hydrogen-bond donors (Lipinski definition) is 1. The van der Waals surface area contributed by atoms with E-state index < -0.39 is 0 Å². The maximum absolute atomic E-state index is 12.3. The van der Waals surface area contributed by atoms with E-state index >= 15 is 0 Å². The van der Waals surface area contributed by atoms with Crippen molar-refractivity contribution in [3.63, 3.8) is 0 Å². The molecule has 0 aliphatic carbocycles. The lowest BCUT2D eigenvalue weighted by molar-refractivity contribution is -0.116. The van der Waals surface area contributed by atoms with Crippen LogP contribution < -0.4 is 15.8 Å². The summed E-state index contributed by atoms with van der Waals surface area (Å²) in [5, 5.41) is 7.30. The van der Waals surface area contributed by atoms with Crippen LogP contribution in [0.4, 0.5) is 11.4 Å². The summed E-state index contributed by atoms with van der Waals surface area (Å²) in [5.74, 6) is -0.0814. The Hall–Kier alpha value is -3.48. The second-order valence-electron chi connectivity index (χ2n) is 6.89. The first-order valence-electron chi connectivity index (χ1n) is 10.2. The Morgan fingerprint density at radius 3 is 2.50 bits per heavy atom. The van der Waals surface area contributed by atoms with Crippen molar-refractivity contribution in [3.05, 3.63) is 71.3 Å². The molecule has 2 aromatic heterocycles. The summed E-state index contributed by atoms with van der Waals surface area (Å²) >= 11 is 0. The number of pyridine rings is 1. The summed E-state index contributed by atoms with van der Waals surface area (Å²) in [7, 11) is 0. The van der Waals surface area contributed by atoms with Gasteiger partial charge in [0.05, 0.1) is 5.69 Å². The first-order valence-corrected chi connectivity index (χ1v) is 10.2. The van der Waals surface area contributed by atoms with E-state index in [2.05, 4.69) is 34.1 Å². The molecule has 0 saturated carbocycles.